The van der Waals surface area contributed by atoms with Crippen molar-refractivity contribution in [3.05, 3.63) is 35.4 Å². The summed E-state index contributed by atoms with van der Waals surface area (Å²) in [5.74, 6) is 0.101. The van der Waals surface area contributed by atoms with Crippen LogP contribution in [0.3, 0.4) is 0 Å². The first-order valence-electron chi connectivity index (χ1n) is 7.16. The third kappa shape index (κ3) is 3.58. The molecule has 1 aromatic carbocycles. The van der Waals surface area contributed by atoms with Gasteiger partial charge in [0.15, 0.2) is 0 Å². The Hall–Kier alpha value is -1.39. The second-order valence-corrected chi connectivity index (χ2v) is 5.96. The van der Waals surface area contributed by atoms with Crippen molar-refractivity contribution >= 4 is 5.91 Å². The minimum absolute atomic E-state index is 0.101. The van der Waals surface area contributed by atoms with Crippen LogP contribution in [-0.2, 0) is 11.3 Å². The van der Waals surface area contributed by atoms with Gasteiger partial charge in [-0.05, 0) is 18.9 Å². The molecular formula is C16H24N2O2. The molecule has 0 spiro atoms. The fourth-order valence-electron chi connectivity index (χ4n) is 2.49. The van der Waals surface area contributed by atoms with E-state index in [1.807, 2.05) is 18.9 Å². The van der Waals surface area contributed by atoms with Gasteiger partial charge in [-0.2, -0.15) is 0 Å². The molecule has 0 unspecified atom stereocenters. The molecule has 1 fully saturated rings. The molecule has 1 aliphatic heterocycles. The molecule has 1 aromatic rings. The van der Waals surface area contributed by atoms with Gasteiger partial charge in [0.25, 0.3) is 0 Å². The number of nitrogens with zero attached hydrogens (tertiary/aromatic N) is 2. The molecule has 1 aliphatic rings. The van der Waals surface area contributed by atoms with Crippen molar-refractivity contribution in [2.75, 3.05) is 26.7 Å². The van der Waals surface area contributed by atoms with Crippen LogP contribution < -0.4 is 0 Å². The molecule has 2 rings (SSSR count). The first kappa shape index (κ1) is 15.0. The van der Waals surface area contributed by atoms with Gasteiger partial charge in [-0.1, -0.05) is 36.8 Å². The van der Waals surface area contributed by atoms with Crippen LogP contribution in [0.25, 0.3) is 0 Å². The van der Waals surface area contributed by atoms with Crippen molar-refractivity contribution in [1.82, 2.24) is 9.80 Å². The molecule has 20 heavy (non-hydrogen) atoms. The van der Waals surface area contributed by atoms with Crippen LogP contribution >= 0.6 is 0 Å². The number of aryl methyl sites for hydroxylation is 1. The molecule has 1 saturated heterocycles. The highest BCUT2D eigenvalue weighted by Gasteiger charge is 2.40. The van der Waals surface area contributed by atoms with Crippen LogP contribution in [0.4, 0.5) is 0 Å². The maximum atomic E-state index is 12.1. The van der Waals surface area contributed by atoms with Crippen molar-refractivity contribution in [3.8, 4) is 0 Å². The summed E-state index contributed by atoms with van der Waals surface area (Å²) in [5, 5.41) is 9.94. The topological polar surface area (TPSA) is 43.8 Å². The number of benzene rings is 1. The molecule has 0 aliphatic carbocycles. The van der Waals surface area contributed by atoms with E-state index in [-0.39, 0.29) is 5.91 Å². The van der Waals surface area contributed by atoms with Crippen molar-refractivity contribution in [2.45, 2.75) is 32.4 Å². The maximum Gasteiger partial charge on any atom is 0.236 e. The van der Waals surface area contributed by atoms with Gasteiger partial charge in [0.1, 0.15) is 0 Å². The number of carbonyl (C=O) groups excluding carboxylic acids is 1. The Bertz CT molecular complexity index is 464. The second kappa shape index (κ2) is 5.94. The monoisotopic (exact) mass is 276 g/mol. The molecule has 1 heterocycles. The van der Waals surface area contributed by atoms with E-state index < -0.39 is 5.60 Å². The molecule has 1 amide bonds. The third-order valence-corrected chi connectivity index (χ3v) is 4.02. The van der Waals surface area contributed by atoms with Gasteiger partial charge in [0, 0.05) is 26.7 Å². The van der Waals surface area contributed by atoms with E-state index in [1.54, 1.807) is 4.90 Å². The summed E-state index contributed by atoms with van der Waals surface area (Å²) in [6, 6.07) is 8.23. The molecule has 0 saturated carbocycles. The third-order valence-electron chi connectivity index (χ3n) is 4.02. The molecule has 4 heteroatoms. The number of β-amino-alcohol motifs (C(OH)–C–C–N with tert-alkyl or cyclic N) is 1. The fraction of sp³-hybridized carbons (Fsp3) is 0.562. The highest BCUT2D eigenvalue weighted by atomic mass is 16.3. The number of aliphatic hydroxyl groups is 1. The van der Waals surface area contributed by atoms with E-state index in [9.17, 15) is 9.90 Å². The summed E-state index contributed by atoms with van der Waals surface area (Å²) < 4.78 is 0. The Morgan fingerprint density at radius 3 is 2.50 bits per heavy atom. The number of hydrogen-bond acceptors (Lipinski definition) is 3. The molecular weight excluding hydrogens is 252 g/mol. The number of likely N-dealkylation sites (tertiary alicyclic amines) is 1. The minimum Gasteiger partial charge on any atom is -0.387 e. The van der Waals surface area contributed by atoms with Gasteiger partial charge in [-0.15, -0.1) is 0 Å². The van der Waals surface area contributed by atoms with Crippen molar-refractivity contribution in [3.63, 3.8) is 0 Å². The predicted molar refractivity (Wildman–Crippen MR) is 79.3 cm³/mol. The van der Waals surface area contributed by atoms with Crippen LogP contribution in [0.15, 0.2) is 24.3 Å². The quantitative estimate of drug-likeness (QED) is 0.884. The SMILES string of the molecule is CCC1(O)CN(CC(=O)N(C)Cc2ccc(C)cc2)C1. The van der Waals surface area contributed by atoms with Crippen LogP contribution in [0, 0.1) is 6.92 Å². The van der Waals surface area contributed by atoms with Crippen LogP contribution in [0.1, 0.15) is 24.5 Å². The van der Waals surface area contributed by atoms with Gasteiger partial charge < -0.3 is 10.0 Å². The van der Waals surface area contributed by atoms with E-state index in [0.29, 0.717) is 26.2 Å². The smallest absolute Gasteiger partial charge is 0.236 e. The van der Waals surface area contributed by atoms with E-state index in [1.165, 1.54) is 5.56 Å². The van der Waals surface area contributed by atoms with Crippen molar-refractivity contribution in [2.24, 2.45) is 0 Å². The zero-order valence-corrected chi connectivity index (χ0v) is 12.6. The van der Waals surface area contributed by atoms with E-state index >= 15 is 0 Å². The summed E-state index contributed by atoms with van der Waals surface area (Å²) in [6.07, 6.45) is 0.747. The predicted octanol–water partition coefficient (Wildman–Crippen LogP) is 1.41. The Kier molecular flexibility index (Phi) is 4.45. The standard InChI is InChI=1S/C16H24N2O2/c1-4-16(20)11-18(12-16)10-15(19)17(3)9-14-7-5-13(2)6-8-14/h5-8,20H,4,9-12H2,1-3H3. The number of amides is 1. The summed E-state index contributed by atoms with van der Waals surface area (Å²) in [7, 11) is 1.83. The largest absolute Gasteiger partial charge is 0.387 e. The Balaban J connectivity index is 1.80. The first-order chi connectivity index (χ1) is 9.42. The van der Waals surface area contributed by atoms with E-state index in [0.717, 1.165) is 12.0 Å². The Labute approximate surface area is 121 Å². The van der Waals surface area contributed by atoms with Crippen LogP contribution in [-0.4, -0.2) is 53.1 Å². The number of carbonyl (C=O) groups is 1. The van der Waals surface area contributed by atoms with Gasteiger partial charge in [0.2, 0.25) is 5.91 Å². The number of hydrogen-bond donors (Lipinski definition) is 1. The minimum atomic E-state index is -0.574. The van der Waals surface area contributed by atoms with E-state index in [2.05, 4.69) is 31.2 Å². The zero-order chi connectivity index (χ0) is 14.8. The van der Waals surface area contributed by atoms with Gasteiger partial charge >= 0.3 is 0 Å². The average Bonchev–Trinajstić information content (AvgIpc) is 2.39. The average molecular weight is 276 g/mol. The molecule has 1 N–H and O–H groups in total. The van der Waals surface area contributed by atoms with Gasteiger partial charge in [0.05, 0.1) is 12.1 Å². The molecule has 0 aromatic heterocycles. The van der Waals surface area contributed by atoms with Gasteiger partial charge in [-0.3, -0.25) is 9.69 Å². The normalized spacial score (nSPS) is 17.6. The number of rotatable bonds is 5. The lowest BCUT2D eigenvalue weighted by atomic mass is 9.91. The molecule has 4 nitrogen and oxygen atoms in total. The second-order valence-electron chi connectivity index (χ2n) is 5.96. The van der Waals surface area contributed by atoms with Gasteiger partial charge in [-0.25, -0.2) is 0 Å². The highest BCUT2D eigenvalue weighted by Crippen LogP contribution is 2.23. The maximum absolute atomic E-state index is 12.1. The number of likely N-dealkylation sites (N-methyl/N-ethyl adjacent to an activating group) is 1. The van der Waals surface area contributed by atoms with Crippen molar-refractivity contribution in [1.29, 1.82) is 0 Å². The summed E-state index contributed by atoms with van der Waals surface area (Å²) >= 11 is 0. The van der Waals surface area contributed by atoms with Crippen LogP contribution in [0.2, 0.25) is 0 Å². The first-order valence-corrected chi connectivity index (χ1v) is 7.16. The molecule has 110 valence electrons. The summed E-state index contributed by atoms with van der Waals surface area (Å²) in [5.41, 5.74) is 1.79. The summed E-state index contributed by atoms with van der Waals surface area (Å²) in [6.45, 7) is 6.26. The lowest BCUT2D eigenvalue weighted by Crippen LogP contribution is -2.62. The highest BCUT2D eigenvalue weighted by molar-refractivity contribution is 5.78. The lowest BCUT2D eigenvalue weighted by molar-refractivity contribution is -0.141. The lowest BCUT2D eigenvalue weighted by Gasteiger charge is -2.46. The van der Waals surface area contributed by atoms with Crippen molar-refractivity contribution < 1.29 is 9.90 Å². The van der Waals surface area contributed by atoms with Crippen LogP contribution in [0.5, 0.6) is 0 Å². The summed E-state index contributed by atoms with van der Waals surface area (Å²) in [4.78, 5) is 15.9. The fourth-order valence-corrected chi connectivity index (χ4v) is 2.49. The Morgan fingerprint density at radius 2 is 1.95 bits per heavy atom. The Morgan fingerprint density at radius 1 is 1.35 bits per heavy atom. The van der Waals surface area contributed by atoms with E-state index in [4.69, 9.17) is 0 Å². The zero-order valence-electron chi connectivity index (χ0n) is 12.6. The molecule has 0 radical (unpaired) electrons. The molecule has 0 bridgehead atoms. The molecule has 0 atom stereocenters.